The van der Waals surface area contributed by atoms with Crippen LogP contribution in [0.4, 0.5) is 0 Å². The van der Waals surface area contributed by atoms with Crippen molar-refractivity contribution in [1.29, 1.82) is 0 Å². The van der Waals surface area contributed by atoms with Crippen molar-refractivity contribution in [3.05, 3.63) is 58.7 Å². The van der Waals surface area contributed by atoms with Gasteiger partial charge < -0.3 is 0 Å². The second-order valence-electron chi connectivity index (χ2n) is 5.43. The Bertz CT molecular complexity index is 820. The highest BCUT2D eigenvalue weighted by Crippen LogP contribution is 2.28. The minimum absolute atomic E-state index is 0.136. The maximum absolute atomic E-state index is 12.4. The van der Waals surface area contributed by atoms with Crippen LogP contribution in [0.5, 0.6) is 0 Å². The van der Waals surface area contributed by atoms with Gasteiger partial charge in [-0.3, -0.25) is 14.9 Å². The van der Waals surface area contributed by atoms with Gasteiger partial charge in [-0.1, -0.05) is 18.2 Å². The Morgan fingerprint density at radius 3 is 1.91 bits per heavy atom. The number of aryl methyl sites for hydroxylation is 4. The molecule has 0 atom stereocenters. The predicted octanol–water partition coefficient (Wildman–Crippen LogP) is 3.05. The van der Waals surface area contributed by atoms with E-state index in [2.05, 4.69) is 15.6 Å². The minimum atomic E-state index is -0.136. The quantitative estimate of drug-likeness (QED) is 0.790. The number of fused-ring (bicyclic) bond motifs is 1. The molecule has 1 amide bonds. The van der Waals surface area contributed by atoms with Crippen LogP contribution in [0.25, 0.3) is 10.8 Å². The molecule has 5 heteroatoms. The molecule has 5 nitrogen and oxygen atoms in total. The average molecular weight is 294 g/mol. The van der Waals surface area contributed by atoms with Crippen molar-refractivity contribution in [2.24, 2.45) is 0 Å². The average Bonchev–Trinajstić information content (AvgIpc) is 2.77. The molecule has 2 heterocycles. The fraction of sp³-hybridized carbons (Fsp3) is 0.235. The highest BCUT2D eigenvalue weighted by molar-refractivity contribution is 6.01. The first-order valence-corrected chi connectivity index (χ1v) is 7.18. The summed E-state index contributed by atoms with van der Waals surface area (Å²) in [6.45, 7) is 7.83. The Morgan fingerprint density at radius 1 is 0.909 bits per heavy atom. The lowest BCUT2D eigenvalue weighted by Crippen LogP contribution is -2.24. The van der Waals surface area contributed by atoms with E-state index in [1.165, 1.54) is 0 Å². The second-order valence-corrected chi connectivity index (χ2v) is 5.43. The van der Waals surface area contributed by atoms with E-state index in [9.17, 15) is 4.79 Å². The SMILES string of the molecule is Cc1nnc(C)c2c(C)n(NC(=O)c3ccccc3)c(C)c12. The fourth-order valence-electron chi connectivity index (χ4n) is 2.90. The van der Waals surface area contributed by atoms with Crippen LogP contribution in [0, 0.1) is 27.7 Å². The molecule has 0 saturated carbocycles. The van der Waals surface area contributed by atoms with Gasteiger partial charge in [-0.25, -0.2) is 0 Å². The number of benzene rings is 1. The molecule has 0 aliphatic heterocycles. The topological polar surface area (TPSA) is 59.8 Å². The van der Waals surface area contributed by atoms with Crippen molar-refractivity contribution in [2.75, 3.05) is 5.43 Å². The largest absolute Gasteiger partial charge is 0.270 e. The third-order valence-electron chi connectivity index (χ3n) is 3.97. The first kappa shape index (κ1) is 14.3. The van der Waals surface area contributed by atoms with E-state index in [4.69, 9.17) is 0 Å². The molecule has 3 aromatic rings. The van der Waals surface area contributed by atoms with E-state index in [0.29, 0.717) is 5.56 Å². The molecule has 0 unspecified atom stereocenters. The molecule has 0 aliphatic rings. The van der Waals surface area contributed by atoms with Gasteiger partial charge in [0.2, 0.25) is 0 Å². The Morgan fingerprint density at radius 2 is 1.41 bits per heavy atom. The third kappa shape index (κ3) is 2.15. The summed E-state index contributed by atoms with van der Waals surface area (Å²) in [5.74, 6) is -0.136. The minimum Gasteiger partial charge on any atom is -0.267 e. The van der Waals surface area contributed by atoms with Crippen LogP contribution in [-0.2, 0) is 0 Å². The Labute approximate surface area is 129 Å². The van der Waals surface area contributed by atoms with Crippen molar-refractivity contribution in [3.63, 3.8) is 0 Å². The molecule has 0 radical (unpaired) electrons. The highest BCUT2D eigenvalue weighted by atomic mass is 16.2. The smallest absolute Gasteiger partial charge is 0.267 e. The number of carbonyl (C=O) groups is 1. The number of rotatable bonds is 2. The fourth-order valence-corrected chi connectivity index (χ4v) is 2.90. The van der Waals surface area contributed by atoms with E-state index in [0.717, 1.165) is 33.5 Å². The Balaban J connectivity index is 2.11. The van der Waals surface area contributed by atoms with Crippen LogP contribution in [0.1, 0.15) is 33.1 Å². The van der Waals surface area contributed by atoms with Crippen molar-refractivity contribution in [1.82, 2.24) is 14.9 Å². The second kappa shape index (κ2) is 5.26. The third-order valence-corrected chi connectivity index (χ3v) is 3.97. The van der Waals surface area contributed by atoms with Crippen LogP contribution in [0.15, 0.2) is 30.3 Å². The summed E-state index contributed by atoms with van der Waals surface area (Å²) in [6.07, 6.45) is 0. The molecule has 3 rings (SSSR count). The van der Waals surface area contributed by atoms with E-state index >= 15 is 0 Å². The van der Waals surface area contributed by atoms with Crippen molar-refractivity contribution in [3.8, 4) is 0 Å². The molecule has 0 bridgehead atoms. The van der Waals surface area contributed by atoms with Gasteiger partial charge >= 0.3 is 0 Å². The lowest BCUT2D eigenvalue weighted by Gasteiger charge is -2.11. The van der Waals surface area contributed by atoms with Crippen LogP contribution in [-0.4, -0.2) is 20.8 Å². The summed E-state index contributed by atoms with van der Waals surface area (Å²) in [5.41, 5.74) is 7.26. The number of aromatic nitrogens is 3. The van der Waals surface area contributed by atoms with Gasteiger partial charge in [-0.2, -0.15) is 10.2 Å². The summed E-state index contributed by atoms with van der Waals surface area (Å²) in [7, 11) is 0. The van der Waals surface area contributed by atoms with Crippen molar-refractivity contribution in [2.45, 2.75) is 27.7 Å². The highest BCUT2D eigenvalue weighted by Gasteiger charge is 2.18. The summed E-state index contributed by atoms with van der Waals surface area (Å²) in [5, 5.41) is 10.5. The number of hydrogen-bond acceptors (Lipinski definition) is 3. The van der Waals surface area contributed by atoms with Gasteiger partial charge in [0.05, 0.1) is 11.4 Å². The molecule has 112 valence electrons. The van der Waals surface area contributed by atoms with Crippen molar-refractivity contribution < 1.29 is 4.79 Å². The Kier molecular flexibility index (Phi) is 3.41. The monoisotopic (exact) mass is 294 g/mol. The van der Waals surface area contributed by atoms with Gasteiger partial charge in [0.25, 0.3) is 5.91 Å². The number of amides is 1. The zero-order chi connectivity index (χ0) is 15.9. The van der Waals surface area contributed by atoms with E-state index < -0.39 is 0 Å². The molecular weight excluding hydrogens is 276 g/mol. The van der Waals surface area contributed by atoms with Gasteiger partial charge in [0, 0.05) is 27.7 Å². The maximum atomic E-state index is 12.4. The maximum Gasteiger partial charge on any atom is 0.270 e. The van der Waals surface area contributed by atoms with Crippen LogP contribution in [0.3, 0.4) is 0 Å². The Hall–Kier alpha value is -2.69. The predicted molar refractivity (Wildman–Crippen MR) is 86.6 cm³/mol. The summed E-state index contributed by atoms with van der Waals surface area (Å²) in [4.78, 5) is 12.4. The summed E-state index contributed by atoms with van der Waals surface area (Å²) >= 11 is 0. The molecule has 1 N–H and O–H groups in total. The van der Waals surface area contributed by atoms with Crippen molar-refractivity contribution >= 4 is 16.7 Å². The molecule has 0 aliphatic carbocycles. The van der Waals surface area contributed by atoms with Crippen LogP contribution >= 0.6 is 0 Å². The molecule has 0 spiro atoms. The molecular formula is C17H18N4O. The lowest BCUT2D eigenvalue weighted by atomic mass is 10.1. The standard InChI is InChI=1S/C17H18N4O/c1-10-15-12(3)21(13(4)16(15)11(2)19-18-10)20-17(22)14-8-6-5-7-9-14/h5-9H,1-4H3,(H,20,22). The summed E-state index contributed by atoms with van der Waals surface area (Å²) in [6, 6.07) is 9.18. The zero-order valence-electron chi connectivity index (χ0n) is 13.1. The van der Waals surface area contributed by atoms with Crippen LogP contribution < -0.4 is 5.43 Å². The first-order valence-electron chi connectivity index (χ1n) is 7.18. The van der Waals surface area contributed by atoms with Gasteiger partial charge in [-0.15, -0.1) is 0 Å². The first-order chi connectivity index (χ1) is 10.5. The van der Waals surface area contributed by atoms with E-state index in [1.54, 1.807) is 12.1 Å². The summed E-state index contributed by atoms with van der Waals surface area (Å²) < 4.78 is 1.82. The number of nitrogens with one attached hydrogen (secondary N) is 1. The number of hydrogen-bond donors (Lipinski definition) is 1. The van der Waals surface area contributed by atoms with Crippen LogP contribution in [0.2, 0.25) is 0 Å². The molecule has 1 aromatic carbocycles. The number of carbonyl (C=O) groups excluding carboxylic acids is 1. The molecule has 22 heavy (non-hydrogen) atoms. The molecule has 0 saturated heterocycles. The van der Waals surface area contributed by atoms with E-state index in [-0.39, 0.29) is 5.91 Å². The number of nitrogens with zero attached hydrogens (tertiary/aromatic N) is 3. The molecule has 0 fully saturated rings. The van der Waals surface area contributed by atoms with Gasteiger partial charge in [0.1, 0.15) is 0 Å². The lowest BCUT2D eigenvalue weighted by molar-refractivity contribution is 0.101. The van der Waals surface area contributed by atoms with Gasteiger partial charge in [-0.05, 0) is 39.8 Å². The molecule has 2 aromatic heterocycles. The zero-order valence-corrected chi connectivity index (χ0v) is 13.1. The van der Waals surface area contributed by atoms with E-state index in [1.807, 2.05) is 50.6 Å². The normalized spacial score (nSPS) is 10.9. The van der Waals surface area contributed by atoms with Gasteiger partial charge in [0.15, 0.2) is 0 Å².